The normalized spacial score (nSPS) is 20.0. The number of benzene rings is 1. The zero-order valence-electron chi connectivity index (χ0n) is 14.2. The Morgan fingerprint density at radius 2 is 2.17 bits per heavy atom. The summed E-state index contributed by atoms with van der Waals surface area (Å²) < 4.78 is 36.8. The number of phenolic OH excluding ortho intramolecular Hbond substituents is 1. The highest BCUT2D eigenvalue weighted by molar-refractivity contribution is 7.92. The predicted molar refractivity (Wildman–Crippen MR) is 92.3 cm³/mol. The number of aromatic hydroxyl groups is 1. The van der Waals surface area contributed by atoms with Crippen LogP contribution in [0.1, 0.15) is 26.3 Å². The number of hydrogen-bond donors (Lipinski definition) is 2. The number of aliphatic imine (C=N–C) groups is 1. The monoisotopic (exact) mass is 357 g/mol. The first-order chi connectivity index (χ1) is 11.2. The standard InChI is InChI=1S/C16H24FN3O3S/c1-4-18-15(19-10-12-5-6-14(21)13(17)9-12)20-7-8-24(22,23)16(2,3)11-20/h5-6,9,21H,4,7-8,10-11H2,1-3H3,(H,18,19). The number of rotatable bonds is 3. The second-order valence-corrected chi connectivity index (χ2v) is 9.20. The van der Waals surface area contributed by atoms with E-state index >= 15 is 0 Å². The molecule has 0 amide bonds. The molecule has 24 heavy (non-hydrogen) atoms. The minimum Gasteiger partial charge on any atom is -0.505 e. The number of guanidine groups is 1. The molecule has 0 radical (unpaired) electrons. The third-order valence-corrected chi connectivity index (χ3v) is 6.63. The second-order valence-electron chi connectivity index (χ2n) is 6.46. The molecule has 1 aromatic rings. The third-order valence-electron chi connectivity index (χ3n) is 4.10. The molecule has 1 saturated heterocycles. The molecule has 1 fully saturated rings. The molecule has 134 valence electrons. The molecule has 0 saturated carbocycles. The smallest absolute Gasteiger partial charge is 0.194 e. The molecular weight excluding hydrogens is 333 g/mol. The Kier molecular flexibility index (Phi) is 5.37. The minimum atomic E-state index is -3.12. The molecule has 0 spiro atoms. The maximum atomic E-state index is 13.4. The van der Waals surface area contributed by atoms with Crippen LogP contribution in [0, 0.1) is 5.82 Å². The highest BCUT2D eigenvalue weighted by Crippen LogP contribution is 2.24. The Morgan fingerprint density at radius 3 is 2.75 bits per heavy atom. The van der Waals surface area contributed by atoms with Gasteiger partial charge in [-0.25, -0.2) is 17.8 Å². The lowest BCUT2D eigenvalue weighted by Crippen LogP contribution is -2.57. The van der Waals surface area contributed by atoms with Gasteiger partial charge >= 0.3 is 0 Å². The third kappa shape index (κ3) is 3.98. The summed E-state index contributed by atoms with van der Waals surface area (Å²) in [7, 11) is -3.12. The van der Waals surface area contributed by atoms with Gasteiger partial charge in [-0.3, -0.25) is 0 Å². The molecule has 1 heterocycles. The van der Waals surface area contributed by atoms with Crippen molar-refractivity contribution in [1.29, 1.82) is 0 Å². The Morgan fingerprint density at radius 1 is 1.46 bits per heavy atom. The number of nitrogens with one attached hydrogen (secondary N) is 1. The first-order valence-corrected chi connectivity index (χ1v) is 9.54. The fraction of sp³-hybridized carbons (Fsp3) is 0.562. The van der Waals surface area contributed by atoms with Gasteiger partial charge in [-0.15, -0.1) is 0 Å². The van der Waals surface area contributed by atoms with E-state index in [-0.39, 0.29) is 12.3 Å². The highest BCUT2D eigenvalue weighted by Gasteiger charge is 2.40. The average Bonchev–Trinajstić information content (AvgIpc) is 2.50. The molecule has 0 atom stereocenters. The van der Waals surface area contributed by atoms with Crippen LogP contribution in [-0.4, -0.2) is 54.5 Å². The molecule has 0 aliphatic carbocycles. The van der Waals surface area contributed by atoms with Gasteiger partial charge < -0.3 is 15.3 Å². The Balaban J connectivity index is 2.18. The summed E-state index contributed by atoms with van der Waals surface area (Å²) in [4.78, 5) is 6.40. The largest absolute Gasteiger partial charge is 0.505 e. The van der Waals surface area contributed by atoms with Crippen LogP contribution < -0.4 is 5.32 Å². The molecule has 0 bridgehead atoms. The zero-order valence-corrected chi connectivity index (χ0v) is 15.0. The van der Waals surface area contributed by atoms with Gasteiger partial charge in [-0.2, -0.15) is 0 Å². The van der Waals surface area contributed by atoms with E-state index in [1.807, 2.05) is 11.8 Å². The van der Waals surface area contributed by atoms with Crippen LogP contribution in [0.5, 0.6) is 5.75 Å². The molecule has 0 unspecified atom stereocenters. The van der Waals surface area contributed by atoms with E-state index in [0.29, 0.717) is 31.2 Å². The molecule has 0 aromatic heterocycles. The summed E-state index contributed by atoms with van der Waals surface area (Å²) in [5.41, 5.74) is 0.629. The summed E-state index contributed by atoms with van der Waals surface area (Å²) in [5, 5.41) is 12.4. The summed E-state index contributed by atoms with van der Waals surface area (Å²) in [6.45, 7) is 6.98. The van der Waals surface area contributed by atoms with Crippen LogP contribution in [0.15, 0.2) is 23.2 Å². The lowest BCUT2D eigenvalue weighted by Gasteiger charge is -2.39. The van der Waals surface area contributed by atoms with Gasteiger partial charge in [0, 0.05) is 19.6 Å². The van der Waals surface area contributed by atoms with Gasteiger partial charge in [-0.05, 0) is 38.5 Å². The van der Waals surface area contributed by atoms with E-state index in [1.165, 1.54) is 12.1 Å². The van der Waals surface area contributed by atoms with Crippen LogP contribution in [0.25, 0.3) is 0 Å². The van der Waals surface area contributed by atoms with Crippen molar-refractivity contribution in [3.63, 3.8) is 0 Å². The number of hydrogen-bond acceptors (Lipinski definition) is 4. The van der Waals surface area contributed by atoms with Crippen LogP contribution in [-0.2, 0) is 16.4 Å². The molecule has 2 N–H and O–H groups in total. The Labute approximate surface area is 142 Å². The maximum Gasteiger partial charge on any atom is 0.194 e. The SMILES string of the molecule is CCNC(=NCc1ccc(O)c(F)c1)N1CCS(=O)(=O)C(C)(C)C1. The number of phenols is 1. The van der Waals surface area contributed by atoms with E-state index in [1.54, 1.807) is 19.9 Å². The number of nitrogens with zero attached hydrogens (tertiary/aromatic N) is 2. The fourth-order valence-electron chi connectivity index (χ4n) is 2.57. The van der Waals surface area contributed by atoms with Crippen molar-refractivity contribution in [3.05, 3.63) is 29.6 Å². The van der Waals surface area contributed by atoms with Crippen molar-refractivity contribution in [1.82, 2.24) is 10.2 Å². The van der Waals surface area contributed by atoms with Crippen molar-refractivity contribution < 1.29 is 17.9 Å². The topological polar surface area (TPSA) is 82.0 Å². The number of sulfone groups is 1. The zero-order chi connectivity index (χ0) is 18.0. The maximum absolute atomic E-state index is 13.4. The van der Waals surface area contributed by atoms with Gasteiger partial charge in [0.1, 0.15) is 0 Å². The van der Waals surface area contributed by atoms with Crippen molar-refractivity contribution in [2.24, 2.45) is 4.99 Å². The Bertz CT molecular complexity index is 732. The minimum absolute atomic E-state index is 0.0816. The Hall–Kier alpha value is -1.83. The number of halogens is 1. The summed E-state index contributed by atoms with van der Waals surface area (Å²) in [6, 6.07) is 4.15. The van der Waals surface area contributed by atoms with E-state index in [4.69, 9.17) is 0 Å². The summed E-state index contributed by atoms with van der Waals surface area (Å²) in [5.74, 6) is -0.386. The first-order valence-electron chi connectivity index (χ1n) is 7.89. The van der Waals surface area contributed by atoms with Crippen LogP contribution in [0.2, 0.25) is 0 Å². The van der Waals surface area contributed by atoms with Crippen LogP contribution in [0.3, 0.4) is 0 Å². The van der Waals surface area contributed by atoms with Crippen molar-refractivity contribution in [2.75, 3.05) is 25.4 Å². The van der Waals surface area contributed by atoms with Crippen LogP contribution >= 0.6 is 0 Å². The first kappa shape index (κ1) is 18.5. The van der Waals surface area contributed by atoms with E-state index < -0.39 is 26.2 Å². The molecule has 1 aliphatic rings. The van der Waals surface area contributed by atoms with Crippen molar-refractivity contribution in [2.45, 2.75) is 32.1 Å². The lowest BCUT2D eigenvalue weighted by molar-refractivity contribution is 0.353. The quantitative estimate of drug-likeness (QED) is 0.633. The lowest BCUT2D eigenvalue weighted by atomic mass is 10.2. The van der Waals surface area contributed by atoms with Crippen molar-refractivity contribution >= 4 is 15.8 Å². The van der Waals surface area contributed by atoms with E-state index in [2.05, 4.69) is 10.3 Å². The van der Waals surface area contributed by atoms with Crippen molar-refractivity contribution in [3.8, 4) is 5.75 Å². The van der Waals surface area contributed by atoms with E-state index in [0.717, 1.165) is 0 Å². The molecule has 2 rings (SSSR count). The molecule has 8 heteroatoms. The van der Waals surface area contributed by atoms with Gasteiger partial charge in [0.15, 0.2) is 27.4 Å². The molecule has 1 aromatic carbocycles. The van der Waals surface area contributed by atoms with Gasteiger partial charge in [-0.1, -0.05) is 6.07 Å². The van der Waals surface area contributed by atoms with E-state index in [9.17, 15) is 17.9 Å². The summed E-state index contributed by atoms with van der Waals surface area (Å²) in [6.07, 6.45) is 0. The van der Waals surface area contributed by atoms with Gasteiger partial charge in [0.05, 0.1) is 17.0 Å². The molecular formula is C16H24FN3O3S. The average molecular weight is 357 g/mol. The molecule has 6 nitrogen and oxygen atoms in total. The highest BCUT2D eigenvalue weighted by atomic mass is 32.2. The van der Waals surface area contributed by atoms with Gasteiger partial charge in [0.25, 0.3) is 0 Å². The predicted octanol–water partition coefficient (Wildman–Crippen LogP) is 1.51. The molecule has 1 aliphatic heterocycles. The summed E-state index contributed by atoms with van der Waals surface area (Å²) >= 11 is 0. The fourth-order valence-corrected chi connectivity index (χ4v) is 3.93. The van der Waals surface area contributed by atoms with Gasteiger partial charge in [0.2, 0.25) is 0 Å². The van der Waals surface area contributed by atoms with Crippen LogP contribution in [0.4, 0.5) is 4.39 Å². The second kappa shape index (κ2) is 6.96.